The molecule has 19 heavy (non-hydrogen) atoms. The Hall–Kier alpha value is -1.36. The van der Waals surface area contributed by atoms with E-state index in [1.165, 1.54) is 12.8 Å². The van der Waals surface area contributed by atoms with Crippen LogP contribution in [0.4, 0.5) is 11.6 Å². The molecule has 2 N–H and O–H groups in total. The molecule has 0 unspecified atom stereocenters. The Morgan fingerprint density at radius 3 is 2.79 bits per heavy atom. The Kier molecular flexibility index (Phi) is 5.39. The molecule has 0 bridgehead atoms. The molecular weight excluding hydrogens is 240 g/mol. The maximum Gasteiger partial charge on any atom is 0.134 e. The van der Waals surface area contributed by atoms with Gasteiger partial charge in [-0.05, 0) is 31.6 Å². The zero-order valence-corrected chi connectivity index (χ0v) is 11.9. The lowest BCUT2D eigenvalue weighted by molar-refractivity contribution is 0.124. The van der Waals surface area contributed by atoms with Gasteiger partial charge in [-0.3, -0.25) is 0 Å². The van der Waals surface area contributed by atoms with E-state index in [9.17, 15) is 0 Å². The Balaban J connectivity index is 1.71. The number of aromatic nitrogens is 2. The summed E-state index contributed by atoms with van der Waals surface area (Å²) in [6.07, 6.45) is 6.22. The van der Waals surface area contributed by atoms with E-state index in [1.54, 1.807) is 6.33 Å². The smallest absolute Gasteiger partial charge is 0.134 e. The summed E-state index contributed by atoms with van der Waals surface area (Å²) < 4.78 is 5.61. The van der Waals surface area contributed by atoms with Crippen LogP contribution in [0.2, 0.25) is 0 Å². The SMILES string of the molecule is CCc1c(NC)ncnc1NCCCOCC1CC1. The van der Waals surface area contributed by atoms with E-state index >= 15 is 0 Å². The molecule has 0 amide bonds. The van der Waals surface area contributed by atoms with E-state index < -0.39 is 0 Å². The highest BCUT2D eigenvalue weighted by Crippen LogP contribution is 2.28. The van der Waals surface area contributed by atoms with Gasteiger partial charge in [-0.1, -0.05) is 6.92 Å². The summed E-state index contributed by atoms with van der Waals surface area (Å²) >= 11 is 0. The second kappa shape index (κ2) is 7.28. The van der Waals surface area contributed by atoms with Crippen molar-refractivity contribution in [1.29, 1.82) is 0 Å². The minimum absolute atomic E-state index is 0.828. The summed E-state index contributed by atoms with van der Waals surface area (Å²) in [5, 5.41) is 6.47. The van der Waals surface area contributed by atoms with Gasteiger partial charge in [-0.15, -0.1) is 0 Å². The lowest BCUT2D eigenvalue weighted by Gasteiger charge is -2.12. The fraction of sp³-hybridized carbons (Fsp3) is 0.714. The Morgan fingerprint density at radius 2 is 2.11 bits per heavy atom. The standard InChI is InChI=1S/C14H24N4O/c1-3-12-13(15-2)17-10-18-14(12)16-7-4-8-19-9-11-5-6-11/h10-11H,3-9H2,1-2H3,(H2,15,16,17,18). The Labute approximate surface area is 115 Å². The fourth-order valence-corrected chi connectivity index (χ4v) is 2.03. The van der Waals surface area contributed by atoms with Gasteiger partial charge in [0.15, 0.2) is 0 Å². The molecule has 0 aromatic carbocycles. The Bertz CT molecular complexity index is 393. The molecule has 1 saturated carbocycles. The predicted molar refractivity (Wildman–Crippen MR) is 77.6 cm³/mol. The molecule has 0 radical (unpaired) electrons. The molecule has 0 saturated heterocycles. The van der Waals surface area contributed by atoms with Gasteiger partial charge in [0.05, 0.1) is 0 Å². The lowest BCUT2D eigenvalue weighted by atomic mass is 10.2. The molecule has 1 aliphatic carbocycles. The third-order valence-electron chi connectivity index (χ3n) is 3.34. The molecule has 2 rings (SSSR count). The van der Waals surface area contributed by atoms with Crippen molar-refractivity contribution in [2.75, 3.05) is 37.4 Å². The molecule has 0 atom stereocenters. The van der Waals surface area contributed by atoms with E-state index in [4.69, 9.17) is 4.74 Å². The van der Waals surface area contributed by atoms with Gasteiger partial charge in [0, 0.05) is 32.4 Å². The van der Waals surface area contributed by atoms with Crippen LogP contribution in [0.15, 0.2) is 6.33 Å². The van der Waals surface area contributed by atoms with Crippen molar-refractivity contribution in [2.45, 2.75) is 32.6 Å². The van der Waals surface area contributed by atoms with Gasteiger partial charge < -0.3 is 15.4 Å². The molecule has 106 valence electrons. The monoisotopic (exact) mass is 264 g/mol. The third kappa shape index (κ3) is 4.35. The van der Waals surface area contributed by atoms with Gasteiger partial charge in [0.1, 0.15) is 18.0 Å². The molecule has 5 heteroatoms. The van der Waals surface area contributed by atoms with Crippen LogP contribution in [0.1, 0.15) is 31.7 Å². The quantitative estimate of drug-likeness (QED) is 0.670. The highest BCUT2D eigenvalue weighted by Gasteiger charge is 2.20. The summed E-state index contributed by atoms with van der Waals surface area (Å²) in [6.45, 7) is 4.77. The largest absolute Gasteiger partial charge is 0.381 e. The number of hydrogen-bond acceptors (Lipinski definition) is 5. The minimum atomic E-state index is 0.828. The van der Waals surface area contributed by atoms with Crippen molar-refractivity contribution in [3.8, 4) is 0 Å². The van der Waals surface area contributed by atoms with Crippen LogP contribution >= 0.6 is 0 Å². The van der Waals surface area contributed by atoms with Crippen LogP contribution in [0, 0.1) is 5.92 Å². The molecule has 0 spiro atoms. The van der Waals surface area contributed by atoms with Crippen molar-refractivity contribution in [1.82, 2.24) is 9.97 Å². The first-order chi connectivity index (χ1) is 9.35. The first-order valence-corrected chi connectivity index (χ1v) is 7.18. The molecule has 5 nitrogen and oxygen atoms in total. The second-order valence-corrected chi connectivity index (χ2v) is 4.95. The number of hydrogen-bond donors (Lipinski definition) is 2. The van der Waals surface area contributed by atoms with Crippen molar-refractivity contribution in [2.24, 2.45) is 5.92 Å². The molecule has 1 fully saturated rings. The molecular formula is C14H24N4O. The maximum absolute atomic E-state index is 5.61. The maximum atomic E-state index is 5.61. The highest BCUT2D eigenvalue weighted by atomic mass is 16.5. The van der Waals surface area contributed by atoms with Crippen molar-refractivity contribution in [3.63, 3.8) is 0 Å². The number of ether oxygens (including phenoxy) is 1. The number of anilines is 2. The van der Waals surface area contributed by atoms with E-state index in [1.807, 2.05) is 7.05 Å². The van der Waals surface area contributed by atoms with E-state index in [2.05, 4.69) is 27.5 Å². The lowest BCUT2D eigenvalue weighted by Crippen LogP contribution is -2.11. The van der Waals surface area contributed by atoms with Crippen LogP contribution in [-0.4, -0.2) is 36.8 Å². The van der Waals surface area contributed by atoms with E-state index in [0.717, 1.165) is 55.7 Å². The van der Waals surface area contributed by atoms with Gasteiger partial charge in [-0.25, -0.2) is 9.97 Å². The van der Waals surface area contributed by atoms with Crippen LogP contribution in [0.25, 0.3) is 0 Å². The average molecular weight is 264 g/mol. The van der Waals surface area contributed by atoms with Crippen molar-refractivity contribution < 1.29 is 4.74 Å². The molecule has 1 aromatic rings. The number of nitrogens with one attached hydrogen (secondary N) is 2. The second-order valence-electron chi connectivity index (χ2n) is 4.95. The van der Waals surface area contributed by atoms with E-state index in [0.29, 0.717) is 0 Å². The number of rotatable bonds is 9. The fourth-order valence-electron chi connectivity index (χ4n) is 2.03. The van der Waals surface area contributed by atoms with Crippen molar-refractivity contribution in [3.05, 3.63) is 11.9 Å². The van der Waals surface area contributed by atoms with Crippen LogP contribution in [0.3, 0.4) is 0 Å². The Morgan fingerprint density at radius 1 is 1.32 bits per heavy atom. The highest BCUT2D eigenvalue weighted by molar-refractivity contribution is 5.56. The van der Waals surface area contributed by atoms with E-state index in [-0.39, 0.29) is 0 Å². The van der Waals surface area contributed by atoms with Crippen molar-refractivity contribution >= 4 is 11.6 Å². The van der Waals surface area contributed by atoms with Gasteiger partial charge >= 0.3 is 0 Å². The average Bonchev–Trinajstić information content (AvgIpc) is 3.26. The van der Waals surface area contributed by atoms with Gasteiger partial charge in [-0.2, -0.15) is 0 Å². The van der Waals surface area contributed by atoms with Crippen LogP contribution in [-0.2, 0) is 11.2 Å². The van der Waals surface area contributed by atoms with Gasteiger partial charge in [0.25, 0.3) is 0 Å². The summed E-state index contributed by atoms with van der Waals surface area (Å²) in [7, 11) is 1.89. The molecule has 1 aromatic heterocycles. The van der Waals surface area contributed by atoms with Gasteiger partial charge in [0.2, 0.25) is 0 Å². The summed E-state index contributed by atoms with van der Waals surface area (Å²) in [5.74, 6) is 2.69. The normalized spacial score (nSPS) is 14.4. The topological polar surface area (TPSA) is 59.1 Å². The predicted octanol–water partition coefficient (Wildman–Crippen LogP) is 2.31. The molecule has 1 aliphatic rings. The molecule has 0 aliphatic heterocycles. The van der Waals surface area contributed by atoms with Crippen LogP contribution in [0.5, 0.6) is 0 Å². The minimum Gasteiger partial charge on any atom is -0.381 e. The first kappa shape index (κ1) is 14.1. The first-order valence-electron chi connectivity index (χ1n) is 7.18. The molecule has 1 heterocycles. The summed E-state index contributed by atoms with van der Waals surface area (Å²) in [4.78, 5) is 8.54. The number of nitrogens with zero attached hydrogens (tertiary/aromatic N) is 2. The third-order valence-corrected chi connectivity index (χ3v) is 3.34. The summed E-state index contributed by atoms with van der Waals surface area (Å²) in [6, 6.07) is 0. The summed E-state index contributed by atoms with van der Waals surface area (Å²) in [5.41, 5.74) is 1.14. The zero-order valence-electron chi connectivity index (χ0n) is 11.9. The zero-order chi connectivity index (χ0) is 13.5. The van der Waals surface area contributed by atoms with Crippen LogP contribution < -0.4 is 10.6 Å².